The highest BCUT2D eigenvalue weighted by molar-refractivity contribution is 5.76. The molecule has 5 heteroatoms. The maximum atomic E-state index is 11.5. The van der Waals surface area contributed by atoms with Crippen LogP contribution in [0.15, 0.2) is 18.2 Å². The maximum Gasteiger partial charge on any atom is 0.221 e. The lowest BCUT2D eigenvalue weighted by Crippen LogP contribution is -2.25. The molecule has 116 valence electrons. The van der Waals surface area contributed by atoms with Gasteiger partial charge in [0.25, 0.3) is 0 Å². The molecule has 1 atom stereocenters. The topological polar surface area (TPSA) is 73.6 Å². The van der Waals surface area contributed by atoms with Crippen molar-refractivity contribution >= 4 is 5.91 Å². The number of nitrogens with one attached hydrogen (secondary N) is 1. The molecule has 1 unspecified atom stereocenters. The highest BCUT2D eigenvalue weighted by Gasteiger charge is 2.17. The zero-order valence-corrected chi connectivity index (χ0v) is 12.6. The van der Waals surface area contributed by atoms with Crippen molar-refractivity contribution in [2.45, 2.75) is 38.8 Å². The zero-order valence-electron chi connectivity index (χ0n) is 12.6. The van der Waals surface area contributed by atoms with Gasteiger partial charge in [-0.2, -0.15) is 0 Å². The van der Waals surface area contributed by atoms with Gasteiger partial charge in [0.2, 0.25) is 5.91 Å². The van der Waals surface area contributed by atoms with Gasteiger partial charge in [0.1, 0.15) is 12.4 Å². The molecule has 21 heavy (non-hydrogen) atoms. The van der Waals surface area contributed by atoms with Crippen LogP contribution in [0.4, 0.5) is 0 Å². The second kappa shape index (κ2) is 8.00. The van der Waals surface area contributed by atoms with E-state index in [0.717, 1.165) is 36.3 Å². The Morgan fingerprint density at radius 2 is 2.38 bits per heavy atom. The first kappa shape index (κ1) is 15.8. The fourth-order valence-electron chi connectivity index (χ4n) is 2.31. The summed E-state index contributed by atoms with van der Waals surface area (Å²) in [5.41, 5.74) is 7.48. The molecule has 0 aliphatic carbocycles. The highest BCUT2D eigenvalue weighted by atomic mass is 16.5. The number of benzene rings is 1. The van der Waals surface area contributed by atoms with Gasteiger partial charge < -0.3 is 20.5 Å². The van der Waals surface area contributed by atoms with Gasteiger partial charge >= 0.3 is 0 Å². The van der Waals surface area contributed by atoms with Crippen LogP contribution < -0.4 is 15.8 Å². The fraction of sp³-hybridized carbons (Fsp3) is 0.562. The number of amides is 1. The molecule has 0 spiro atoms. The van der Waals surface area contributed by atoms with Crippen LogP contribution in [0.1, 0.15) is 30.4 Å². The third-order valence-electron chi connectivity index (χ3n) is 3.52. The second-order valence-electron chi connectivity index (χ2n) is 5.37. The van der Waals surface area contributed by atoms with E-state index in [9.17, 15) is 4.79 Å². The van der Waals surface area contributed by atoms with Crippen molar-refractivity contribution in [3.05, 3.63) is 29.3 Å². The Labute approximate surface area is 125 Å². The van der Waals surface area contributed by atoms with Gasteiger partial charge in [-0.05, 0) is 31.4 Å². The molecule has 1 fully saturated rings. The van der Waals surface area contributed by atoms with Crippen molar-refractivity contribution in [1.82, 2.24) is 5.32 Å². The van der Waals surface area contributed by atoms with Gasteiger partial charge in [-0.15, -0.1) is 0 Å². The third kappa shape index (κ3) is 5.02. The number of rotatable bonds is 7. The summed E-state index contributed by atoms with van der Waals surface area (Å²) in [6.07, 6.45) is 2.68. The van der Waals surface area contributed by atoms with Crippen LogP contribution in [0.25, 0.3) is 0 Å². The summed E-state index contributed by atoms with van der Waals surface area (Å²) < 4.78 is 11.5. The average molecular weight is 292 g/mol. The van der Waals surface area contributed by atoms with Crippen molar-refractivity contribution in [3.8, 4) is 5.75 Å². The summed E-state index contributed by atoms with van der Waals surface area (Å²) in [5, 5.41) is 2.86. The minimum absolute atomic E-state index is 0.0387. The summed E-state index contributed by atoms with van der Waals surface area (Å²) in [6, 6.07) is 6.01. The zero-order chi connectivity index (χ0) is 15.1. The SMILES string of the molecule is Cc1ccc(CNC(=O)CCN)c(OCC2CCCO2)c1. The summed E-state index contributed by atoms with van der Waals surface area (Å²) >= 11 is 0. The minimum Gasteiger partial charge on any atom is -0.491 e. The molecular formula is C16H24N2O3. The molecule has 0 saturated carbocycles. The van der Waals surface area contributed by atoms with Gasteiger partial charge in [0, 0.05) is 31.7 Å². The quantitative estimate of drug-likeness (QED) is 0.799. The minimum atomic E-state index is -0.0387. The summed E-state index contributed by atoms with van der Waals surface area (Å²) in [6.45, 7) is 4.23. The van der Waals surface area contributed by atoms with E-state index in [-0.39, 0.29) is 12.0 Å². The Morgan fingerprint density at radius 1 is 1.52 bits per heavy atom. The summed E-state index contributed by atoms with van der Waals surface area (Å²) in [7, 11) is 0. The smallest absolute Gasteiger partial charge is 0.221 e. The summed E-state index contributed by atoms with van der Waals surface area (Å²) in [4.78, 5) is 11.5. The normalized spacial score (nSPS) is 17.7. The molecule has 1 aliphatic rings. The predicted molar refractivity (Wildman–Crippen MR) is 81.2 cm³/mol. The molecule has 0 bridgehead atoms. The van der Waals surface area contributed by atoms with E-state index in [1.165, 1.54) is 0 Å². The first-order valence-corrected chi connectivity index (χ1v) is 7.49. The largest absolute Gasteiger partial charge is 0.491 e. The lowest BCUT2D eigenvalue weighted by atomic mass is 10.1. The van der Waals surface area contributed by atoms with Gasteiger partial charge in [-0.25, -0.2) is 0 Å². The molecule has 0 aromatic heterocycles. The van der Waals surface area contributed by atoms with E-state index in [1.807, 2.05) is 25.1 Å². The predicted octanol–water partition coefficient (Wildman–Crippen LogP) is 1.52. The van der Waals surface area contributed by atoms with Crippen LogP contribution in [0.3, 0.4) is 0 Å². The number of carbonyl (C=O) groups is 1. The van der Waals surface area contributed by atoms with Gasteiger partial charge in [0.15, 0.2) is 0 Å². The third-order valence-corrected chi connectivity index (χ3v) is 3.52. The van der Waals surface area contributed by atoms with Crippen LogP contribution in [0.2, 0.25) is 0 Å². The van der Waals surface area contributed by atoms with Crippen LogP contribution in [-0.4, -0.2) is 31.8 Å². The maximum absolute atomic E-state index is 11.5. The van der Waals surface area contributed by atoms with E-state index < -0.39 is 0 Å². The number of ether oxygens (including phenoxy) is 2. The Hall–Kier alpha value is -1.59. The lowest BCUT2D eigenvalue weighted by molar-refractivity contribution is -0.121. The van der Waals surface area contributed by atoms with E-state index in [0.29, 0.717) is 26.1 Å². The Bertz CT molecular complexity index is 471. The number of carbonyl (C=O) groups excluding carboxylic acids is 1. The molecule has 1 aliphatic heterocycles. The molecule has 5 nitrogen and oxygen atoms in total. The molecule has 3 N–H and O–H groups in total. The van der Waals surface area contributed by atoms with Gasteiger partial charge in [-0.3, -0.25) is 4.79 Å². The molecule has 2 rings (SSSR count). The second-order valence-corrected chi connectivity index (χ2v) is 5.37. The number of aryl methyl sites for hydroxylation is 1. The van der Waals surface area contributed by atoms with E-state index in [4.69, 9.17) is 15.2 Å². The molecule has 1 amide bonds. The van der Waals surface area contributed by atoms with Crippen molar-refractivity contribution < 1.29 is 14.3 Å². The fourth-order valence-corrected chi connectivity index (χ4v) is 2.31. The molecule has 1 heterocycles. The average Bonchev–Trinajstić information content (AvgIpc) is 2.97. The number of hydrogen-bond donors (Lipinski definition) is 2. The van der Waals surface area contributed by atoms with E-state index in [1.54, 1.807) is 0 Å². The first-order valence-electron chi connectivity index (χ1n) is 7.49. The molecule has 1 aromatic rings. The van der Waals surface area contributed by atoms with Gasteiger partial charge in [-0.1, -0.05) is 12.1 Å². The van der Waals surface area contributed by atoms with Crippen LogP contribution in [-0.2, 0) is 16.1 Å². The van der Waals surface area contributed by atoms with Crippen LogP contribution >= 0.6 is 0 Å². The van der Waals surface area contributed by atoms with Crippen molar-refractivity contribution in [2.24, 2.45) is 5.73 Å². The monoisotopic (exact) mass is 292 g/mol. The standard InChI is InChI=1S/C16H24N2O3/c1-12-4-5-13(10-18-16(19)6-7-17)15(9-12)21-11-14-3-2-8-20-14/h4-5,9,14H,2-3,6-8,10-11,17H2,1H3,(H,18,19). The first-order chi connectivity index (χ1) is 10.2. The van der Waals surface area contributed by atoms with Crippen molar-refractivity contribution in [3.63, 3.8) is 0 Å². The number of nitrogens with two attached hydrogens (primary N) is 1. The van der Waals surface area contributed by atoms with E-state index in [2.05, 4.69) is 5.32 Å². The molecule has 1 aromatic carbocycles. The Balaban J connectivity index is 1.93. The van der Waals surface area contributed by atoms with Crippen LogP contribution in [0, 0.1) is 6.92 Å². The highest BCUT2D eigenvalue weighted by Crippen LogP contribution is 2.22. The molecular weight excluding hydrogens is 268 g/mol. The lowest BCUT2D eigenvalue weighted by Gasteiger charge is -2.15. The molecule has 1 saturated heterocycles. The van der Waals surface area contributed by atoms with E-state index >= 15 is 0 Å². The Kier molecular flexibility index (Phi) is 6.02. The molecule has 0 radical (unpaired) electrons. The summed E-state index contributed by atoms with van der Waals surface area (Å²) in [5.74, 6) is 0.779. The van der Waals surface area contributed by atoms with Crippen molar-refractivity contribution in [2.75, 3.05) is 19.8 Å². The van der Waals surface area contributed by atoms with Gasteiger partial charge in [0.05, 0.1) is 6.10 Å². The Morgan fingerprint density at radius 3 is 3.10 bits per heavy atom. The number of hydrogen-bond acceptors (Lipinski definition) is 4. The van der Waals surface area contributed by atoms with Crippen LogP contribution in [0.5, 0.6) is 5.75 Å². The van der Waals surface area contributed by atoms with Crippen molar-refractivity contribution in [1.29, 1.82) is 0 Å².